The molecule has 0 aliphatic carbocycles. The van der Waals surface area contributed by atoms with Crippen LogP contribution in [0.5, 0.6) is 0 Å². The number of hydrogen-bond donors (Lipinski definition) is 0. The lowest BCUT2D eigenvalue weighted by Gasteiger charge is -2.35. The summed E-state index contributed by atoms with van der Waals surface area (Å²) in [6.07, 6.45) is 2.00. The van der Waals surface area contributed by atoms with E-state index in [4.69, 9.17) is 4.74 Å². The highest BCUT2D eigenvalue weighted by Crippen LogP contribution is 2.24. The molecular weight excluding hydrogens is 483 g/mol. The van der Waals surface area contributed by atoms with Gasteiger partial charge in [0.15, 0.2) is 0 Å². The Balaban J connectivity index is 0. The maximum absolute atomic E-state index is 12.9. The van der Waals surface area contributed by atoms with Crippen molar-refractivity contribution < 1.29 is 27.5 Å². The lowest BCUT2D eigenvalue weighted by atomic mass is 9.96. The van der Waals surface area contributed by atoms with Crippen LogP contribution in [0.4, 0.5) is 13.2 Å². The molecule has 0 aromatic rings. The molecule has 6 nitrogen and oxygen atoms in total. The van der Waals surface area contributed by atoms with Gasteiger partial charge in [0, 0.05) is 44.7 Å². The molecule has 1 heterocycles. The van der Waals surface area contributed by atoms with E-state index in [1.54, 1.807) is 0 Å². The molecule has 0 spiro atoms. The van der Waals surface area contributed by atoms with Gasteiger partial charge in [0.25, 0.3) is 0 Å². The van der Waals surface area contributed by atoms with Crippen molar-refractivity contribution in [3.8, 4) is 0 Å². The van der Waals surface area contributed by atoms with Crippen LogP contribution in [0.3, 0.4) is 0 Å². The molecular formula is C28H52F3N3O3. The van der Waals surface area contributed by atoms with Crippen LogP contribution in [0, 0.1) is 5.92 Å². The average Bonchev–Trinajstić information content (AvgIpc) is 2.82. The van der Waals surface area contributed by atoms with Gasteiger partial charge in [0.05, 0.1) is 12.2 Å². The lowest BCUT2D eigenvalue weighted by Crippen LogP contribution is -2.50. The molecule has 1 aliphatic rings. The Morgan fingerprint density at radius 1 is 1.00 bits per heavy atom. The first kappa shape index (κ1) is 37.3. The van der Waals surface area contributed by atoms with Gasteiger partial charge in [-0.2, -0.15) is 13.2 Å². The largest absolute Gasteiger partial charge is 0.460 e. The third-order valence-corrected chi connectivity index (χ3v) is 5.28. The van der Waals surface area contributed by atoms with E-state index in [1.807, 2.05) is 51.3 Å². The zero-order valence-electron chi connectivity index (χ0n) is 24.7. The number of halogens is 3. The molecule has 0 saturated carbocycles. The smallest absolute Gasteiger partial charge is 0.417 e. The van der Waals surface area contributed by atoms with Gasteiger partial charge in [0.1, 0.15) is 5.60 Å². The lowest BCUT2D eigenvalue weighted by molar-refractivity contribution is -0.154. The van der Waals surface area contributed by atoms with Crippen molar-refractivity contribution in [3.05, 3.63) is 11.6 Å². The monoisotopic (exact) mass is 535 g/mol. The maximum atomic E-state index is 12.9. The Labute approximate surface area is 223 Å². The summed E-state index contributed by atoms with van der Waals surface area (Å²) >= 11 is 0. The zero-order chi connectivity index (χ0) is 29.1. The molecule has 1 rings (SSSR count). The molecule has 1 unspecified atom stereocenters. The molecule has 0 aromatic heterocycles. The van der Waals surface area contributed by atoms with Crippen LogP contribution in [0.15, 0.2) is 16.6 Å². The number of ether oxygens (including phenoxy) is 1. The van der Waals surface area contributed by atoms with Crippen molar-refractivity contribution in [3.63, 3.8) is 0 Å². The molecule has 9 heteroatoms. The first-order valence-corrected chi connectivity index (χ1v) is 13.7. The van der Waals surface area contributed by atoms with Crippen LogP contribution < -0.4 is 0 Å². The number of unbranched alkanes of at least 4 members (excludes halogenated alkanes) is 1. The maximum Gasteiger partial charge on any atom is 0.417 e. The number of piperazine rings is 1. The average molecular weight is 536 g/mol. The Kier molecular flexibility index (Phi) is 20.2. The Bertz CT molecular complexity index is 678. The van der Waals surface area contributed by atoms with Gasteiger partial charge >= 0.3 is 12.1 Å². The summed E-state index contributed by atoms with van der Waals surface area (Å²) in [6, 6.07) is 0. The summed E-state index contributed by atoms with van der Waals surface area (Å²) in [7, 11) is 0. The highest BCUT2D eigenvalue weighted by molar-refractivity contribution is 5.80. The van der Waals surface area contributed by atoms with Crippen LogP contribution in [-0.2, 0) is 14.3 Å². The summed E-state index contributed by atoms with van der Waals surface area (Å²) in [5.41, 5.74) is -1.25. The van der Waals surface area contributed by atoms with E-state index in [0.717, 1.165) is 31.6 Å². The molecule has 1 atom stereocenters. The van der Waals surface area contributed by atoms with Crippen molar-refractivity contribution >= 4 is 18.1 Å². The second-order valence-corrected chi connectivity index (χ2v) is 9.78. The van der Waals surface area contributed by atoms with Gasteiger partial charge in [-0.15, -0.1) is 0 Å². The highest BCUT2D eigenvalue weighted by Gasteiger charge is 2.31. The molecule has 1 fully saturated rings. The van der Waals surface area contributed by atoms with Gasteiger partial charge in [-0.3, -0.25) is 19.5 Å². The molecule has 0 aromatic carbocycles. The van der Waals surface area contributed by atoms with Crippen molar-refractivity contribution in [1.82, 2.24) is 9.80 Å². The van der Waals surface area contributed by atoms with Crippen LogP contribution >= 0.6 is 0 Å². The zero-order valence-corrected chi connectivity index (χ0v) is 24.7. The third-order valence-electron chi connectivity index (χ3n) is 5.28. The molecule has 0 bridgehead atoms. The second kappa shape index (κ2) is 20.1. The van der Waals surface area contributed by atoms with Crippen LogP contribution in [0.1, 0.15) is 101 Å². The van der Waals surface area contributed by atoms with Crippen LogP contribution in [0.2, 0.25) is 0 Å². The number of esters is 1. The molecule has 37 heavy (non-hydrogen) atoms. The number of rotatable bonds is 10. The summed E-state index contributed by atoms with van der Waals surface area (Å²) < 4.78 is 43.4. The minimum atomic E-state index is -4.40. The summed E-state index contributed by atoms with van der Waals surface area (Å²) in [5, 5.41) is 0. The number of nitrogens with zero attached hydrogens (tertiary/aromatic N) is 3. The number of amides is 1. The fourth-order valence-corrected chi connectivity index (χ4v) is 3.49. The first-order chi connectivity index (χ1) is 17.3. The van der Waals surface area contributed by atoms with Gasteiger partial charge < -0.3 is 9.64 Å². The van der Waals surface area contributed by atoms with Crippen molar-refractivity contribution in [1.29, 1.82) is 0 Å². The topological polar surface area (TPSA) is 62.2 Å². The summed E-state index contributed by atoms with van der Waals surface area (Å²) in [4.78, 5) is 32.3. The van der Waals surface area contributed by atoms with Crippen LogP contribution in [-0.4, -0.2) is 72.5 Å². The van der Waals surface area contributed by atoms with Gasteiger partial charge in [0.2, 0.25) is 5.91 Å². The fraction of sp³-hybridized carbons (Fsp3) is 0.821. The molecule has 1 amide bonds. The number of allylic oxidation sites excluding steroid dienone is 2. The number of hydrogen-bond acceptors (Lipinski definition) is 5. The predicted octanol–water partition coefficient (Wildman–Crippen LogP) is 7.04. The van der Waals surface area contributed by atoms with E-state index in [2.05, 4.69) is 18.8 Å². The van der Waals surface area contributed by atoms with E-state index in [0.29, 0.717) is 39.0 Å². The highest BCUT2D eigenvalue weighted by atomic mass is 19.4. The van der Waals surface area contributed by atoms with Gasteiger partial charge in [-0.05, 0) is 47.0 Å². The van der Waals surface area contributed by atoms with E-state index < -0.39 is 17.4 Å². The fourth-order valence-electron chi connectivity index (χ4n) is 3.49. The molecule has 0 radical (unpaired) electrons. The normalized spacial score (nSPS) is 15.9. The van der Waals surface area contributed by atoms with Gasteiger partial charge in [-0.1, -0.05) is 53.5 Å². The Morgan fingerprint density at radius 2 is 1.54 bits per heavy atom. The van der Waals surface area contributed by atoms with Crippen molar-refractivity contribution in [2.75, 3.05) is 32.8 Å². The number of carbonyl (C=O) groups is 2. The first-order valence-electron chi connectivity index (χ1n) is 13.7. The van der Waals surface area contributed by atoms with Gasteiger partial charge in [-0.25, -0.2) is 0 Å². The third kappa shape index (κ3) is 18.1. The number of aliphatic imine (C=N–C) groups is 1. The van der Waals surface area contributed by atoms with Crippen molar-refractivity contribution in [2.45, 2.75) is 113 Å². The SMILES string of the molecule is C/C=C(\C=N/CN1CCN(C(=O)C(CC)CCCCC(=O)OC(C)(C)C)CC1)C(F)(F)F.CC.CCC. The number of carbonyl (C=O) groups excluding carboxylic acids is 2. The second-order valence-electron chi connectivity index (χ2n) is 9.78. The van der Waals surface area contributed by atoms with E-state index in [1.165, 1.54) is 13.3 Å². The summed E-state index contributed by atoms with van der Waals surface area (Å²) in [6.45, 7) is 19.5. The molecule has 1 saturated heterocycles. The van der Waals surface area contributed by atoms with E-state index in [-0.39, 0.29) is 24.5 Å². The molecule has 1 aliphatic heterocycles. The summed E-state index contributed by atoms with van der Waals surface area (Å²) in [5.74, 6) is -0.184. The number of alkyl halides is 3. The van der Waals surface area contributed by atoms with Crippen LogP contribution in [0.25, 0.3) is 0 Å². The van der Waals surface area contributed by atoms with Crippen molar-refractivity contribution in [2.24, 2.45) is 10.9 Å². The predicted molar refractivity (Wildman–Crippen MR) is 147 cm³/mol. The standard InChI is InChI=1S/C23H38F3N3O3.C3H8.C2H6/c1-6-18(10-8-9-11-20(30)32-22(3,4)5)21(31)29-14-12-28(13-15-29)17-27-16-19(7-2)23(24,25)26;1-3-2;1-2/h7,16,18H,6,8-15,17H2,1-5H3;3H2,1-2H3;1-2H3/b19-7+,27-16-;;. The van der Waals surface area contributed by atoms with E-state index in [9.17, 15) is 22.8 Å². The molecule has 218 valence electrons. The Morgan fingerprint density at radius 3 is 1.97 bits per heavy atom. The molecule has 0 N–H and O–H groups in total. The Hall–Kier alpha value is -1.90. The minimum Gasteiger partial charge on any atom is -0.460 e. The van der Waals surface area contributed by atoms with E-state index >= 15 is 0 Å². The quantitative estimate of drug-likeness (QED) is 0.171. The minimum absolute atomic E-state index is 0.0813.